The molecule has 34 heavy (non-hydrogen) atoms. The molecule has 2 aromatic rings. The van der Waals surface area contributed by atoms with Crippen LogP contribution >= 0.6 is 0 Å². The van der Waals surface area contributed by atoms with Crippen LogP contribution in [0.25, 0.3) is 0 Å². The van der Waals surface area contributed by atoms with Crippen molar-refractivity contribution in [3.8, 4) is 0 Å². The van der Waals surface area contributed by atoms with Crippen molar-refractivity contribution in [3.63, 3.8) is 0 Å². The van der Waals surface area contributed by atoms with Gasteiger partial charge in [-0.1, -0.05) is 30.3 Å². The lowest BCUT2D eigenvalue weighted by atomic mass is 10.1. The molecule has 0 spiro atoms. The van der Waals surface area contributed by atoms with E-state index < -0.39 is 53.7 Å². The molecule has 3 rings (SSSR count). The predicted molar refractivity (Wildman–Crippen MR) is 117 cm³/mol. The molecule has 2 heterocycles. The maximum absolute atomic E-state index is 13.2. The van der Waals surface area contributed by atoms with E-state index in [-0.39, 0.29) is 13.2 Å². The zero-order valence-corrected chi connectivity index (χ0v) is 19.0. The summed E-state index contributed by atoms with van der Waals surface area (Å²) in [7, 11) is 0. The SMILES string of the molecule is CC(=O)OCC1OC(n2ccc(=O)n(CCc3ccccc3)c2=O)C(OC(C)=O)C1OC(C)=O. The zero-order chi connectivity index (χ0) is 24.8. The summed E-state index contributed by atoms with van der Waals surface area (Å²) >= 11 is 0. The molecule has 1 saturated heterocycles. The lowest BCUT2D eigenvalue weighted by Crippen LogP contribution is -2.45. The summed E-state index contributed by atoms with van der Waals surface area (Å²) in [6.07, 6.45) is -2.96. The molecule has 0 bridgehead atoms. The van der Waals surface area contributed by atoms with Crippen LogP contribution in [-0.4, -0.2) is 52.0 Å². The second-order valence-corrected chi connectivity index (χ2v) is 7.75. The first-order valence-electron chi connectivity index (χ1n) is 10.7. The molecule has 1 aliphatic heterocycles. The molecule has 1 aliphatic rings. The summed E-state index contributed by atoms with van der Waals surface area (Å²) in [6, 6.07) is 10.5. The van der Waals surface area contributed by atoms with E-state index in [4.69, 9.17) is 18.9 Å². The molecule has 11 nitrogen and oxygen atoms in total. The Kier molecular flexibility index (Phi) is 8.00. The van der Waals surface area contributed by atoms with E-state index in [1.807, 2.05) is 30.3 Å². The fourth-order valence-electron chi connectivity index (χ4n) is 3.73. The average molecular weight is 474 g/mol. The second-order valence-electron chi connectivity index (χ2n) is 7.75. The molecule has 0 radical (unpaired) electrons. The third-order valence-electron chi connectivity index (χ3n) is 5.18. The van der Waals surface area contributed by atoms with Gasteiger partial charge in [-0.25, -0.2) is 4.79 Å². The van der Waals surface area contributed by atoms with E-state index in [2.05, 4.69) is 0 Å². The van der Waals surface area contributed by atoms with Gasteiger partial charge in [0.05, 0.1) is 0 Å². The van der Waals surface area contributed by atoms with Crippen molar-refractivity contribution in [2.75, 3.05) is 6.61 Å². The number of benzene rings is 1. The van der Waals surface area contributed by atoms with Crippen molar-refractivity contribution in [1.29, 1.82) is 0 Å². The highest BCUT2D eigenvalue weighted by Gasteiger charge is 2.51. The second kappa shape index (κ2) is 10.9. The van der Waals surface area contributed by atoms with Crippen molar-refractivity contribution < 1.29 is 33.3 Å². The van der Waals surface area contributed by atoms with E-state index >= 15 is 0 Å². The van der Waals surface area contributed by atoms with Gasteiger partial charge in [0, 0.05) is 39.6 Å². The molecule has 1 fully saturated rings. The minimum Gasteiger partial charge on any atom is -0.463 e. The number of nitrogens with zero attached hydrogens (tertiary/aromatic N) is 2. The first kappa shape index (κ1) is 24.9. The van der Waals surface area contributed by atoms with E-state index in [0.717, 1.165) is 28.5 Å². The number of carbonyl (C=O) groups is 3. The van der Waals surface area contributed by atoms with Crippen LogP contribution < -0.4 is 11.2 Å². The molecule has 4 atom stereocenters. The first-order chi connectivity index (χ1) is 16.2. The van der Waals surface area contributed by atoms with Gasteiger partial charge >= 0.3 is 23.6 Å². The number of rotatable bonds is 8. The number of ether oxygens (including phenoxy) is 4. The van der Waals surface area contributed by atoms with Gasteiger partial charge in [-0.05, 0) is 12.0 Å². The first-order valence-corrected chi connectivity index (χ1v) is 10.7. The summed E-state index contributed by atoms with van der Waals surface area (Å²) in [5.41, 5.74) is -0.261. The molecule has 182 valence electrons. The monoisotopic (exact) mass is 474 g/mol. The molecule has 1 aromatic carbocycles. The Labute approximate surface area is 194 Å². The highest BCUT2D eigenvalue weighted by molar-refractivity contribution is 5.68. The van der Waals surface area contributed by atoms with Gasteiger partial charge in [0.2, 0.25) is 0 Å². The fourth-order valence-corrected chi connectivity index (χ4v) is 3.73. The van der Waals surface area contributed by atoms with Crippen molar-refractivity contribution in [3.05, 3.63) is 69.0 Å². The van der Waals surface area contributed by atoms with Crippen molar-refractivity contribution >= 4 is 17.9 Å². The maximum Gasteiger partial charge on any atom is 0.333 e. The zero-order valence-electron chi connectivity index (χ0n) is 19.0. The molecule has 1 aromatic heterocycles. The van der Waals surface area contributed by atoms with Crippen LogP contribution in [0.2, 0.25) is 0 Å². The summed E-state index contributed by atoms with van der Waals surface area (Å²) in [4.78, 5) is 60.5. The average Bonchev–Trinajstić information content (AvgIpc) is 3.08. The summed E-state index contributed by atoms with van der Waals surface area (Å²) < 4.78 is 23.7. The number of carbonyl (C=O) groups excluding carboxylic acids is 3. The molecular weight excluding hydrogens is 448 g/mol. The van der Waals surface area contributed by atoms with Gasteiger partial charge < -0.3 is 18.9 Å². The molecular formula is C23H26N2O9. The van der Waals surface area contributed by atoms with Gasteiger partial charge in [-0.15, -0.1) is 0 Å². The summed E-state index contributed by atoms with van der Waals surface area (Å²) in [5.74, 6) is -1.97. The van der Waals surface area contributed by atoms with Crippen LogP contribution in [0.15, 0.2) is 52.2 Å². The Morgan fingerprint density at radius 2 is 1.56 bits per heavy atom. The van der Waals surface area contributed by atoms with Gasteiger partial charge in [0.25, 0.3) is 5.56 Å². The van der Waals surface area contributed by atoms with Crippen LogP contribution in [0.5, 0.6) is 0 Å². The molecule has 0 aliphatic carbocycles. The van der Waals surface area contributed by atoms with Crippen LogP contribution in [0.1, 0.15) is 32.6 Å². The van der Waals surface area contributed by atoms with E-state index in [1.54, 1.807) is 0 Å². The van der Waals surface area contributed by atoms with E-state index in [9.17, 15) is 24.0 Å². The molecule has 11 heteroatoms. The van der Waals surface area contributed by atoms with Crippen LogP contribution in [0.3, 0.4) is 0 Å². The molecule has 0 amide bonds. The third kappa shape index (κ3) is 5.98. The number of hydrogen-bond donors (Lipinski definition) is 0. The topological polar surface area (TPSA) is 132 Å². The predicted octanol–water partition coefficient (Wildman–Crippen LogP) is 0.577. The van der Waals surface area contributed by atoms with Crippen LogP contribution in [0, 0.1) is 0 Å². The van der Waals surface area contributed by atoms with E-state index in [1.165, 1.54) is 19.2 Å². The maximum atomic E-state index is 13.2. The highest BCUT2D eigenvalue weighted by atomic mass is 16.7. The number of aromatic nitrogens is 2. The van der Waals surface area contributed by atoms with Crippen LogP contribution in [0.4, 0.5) is 0 Å². The normalized spacial score (nSPS) is 21.6. The minimum absolute atomic E-state index is 0.109. The number of aryl methyl sites for hydroxylation is 1. The Morgan fingerprint density at radius 3 is 2.18 bits per heavy atom. The van der Waals surface area contributed by atoms with Crippen molar-refractivity contribution in [2.45, 2.75) is 58.3 Å². The Bertz CT molecular complexity index is 1160. The smallest absolute Gasteiger partial charge is 0.333 e. The van der Waals surface area contributed by atoms with Gasteiger partial charge in [0.1, 0.15) is 12.7 Å². The van der Waals surface area contributed by atoms with Crippen molar-refractivity contribution in [2.24, 2.45) is 0 Å². The summed E-state index contributed by atoms with van der Waals surface area (Å²) in [5, 5.41) is 0. The molecule has 0 saturated carbocycles. The van der Waals surface area contributed by atoms with Gasteiger partial charge in [-0.2, -0.15) is 0 Å². The lowest BCUT2D eigenvalue weighted by Gasteiger charge is -2.24. The fraction of sp³-hybridized carbons (Fsp3) is 0.435. The number of esters is 3. The Hall–Kier alpha value is -3.73. The summed E-state index contributed by atoms with van der Waals surface area (Å²) in [6.45, 7) is 3.33. The van der Waals surface area contributed by atoms with Crippen molar-refractivity contribution in [1.82, 2.24) is 9.13 Å². The van der Waals surface area contributed by atoms with Crippen LogP contribution in [-0.2, 0) is 46.3 Å². The van der Waals surface area contributed by atoms with Gasteiger partial charge in [0.15, 0.2) is 18.4 Å². The third-order valence-corrected chi connectivity index (χ3v) is 5.18. The minimum atomic E-state index is -1.23. The van der Waals surface area contributed by atoms with Gasteiger partial charge in [-0.3, -0.25) is 28.3 Å². The quantitative estimate of drug-likeness (QED) is 0.398. The lowest BCUT2D eigenvalue weighted by molar-refractivity contribution is -0.166. The van der Waals surface area contributed by atoms with E-state index in [0.29, 0.717) is 6.42 Å². The highest BCUT2D eigenvalue weighted by Crippen LogP contribution is 2.33. The number of hydrogen-bond acceptors (Lipinski definition) is 9. The standard InChI is InChI=1S/C23H26N2O9/c1-14(26)31-13-18-20(32-15(2)27)21(33-16(3)28)22(34-18)25-12-10-19(29)24(23(25)30)11-9-17-7-5-4-6-8-17/h4-8,10,12,18,20-22H,9,11,13H2,1-3H3. The molecule has 4 unspecified atom stereocenters. The molecule has 0 N–H and O–H groups in total. The largest absolute Gasteiger partial charge is 0.463 e. The Balaban J connectivity index is 1.96. The Morgan fingerprint density at radius 1 is 0.912 bits per heavy atom.